The number of nitrogens with zero attached hydrogens (tertiary/aromatic N) is 5. The maximum absolute atomic E-state index is 12.9. The molecule has 2 N–H and O–H groups in total. The number of nitrogens with one attached hydrogen (secondary N) is 1. The minimum atomic E-state index is -4.40. The molecular formula is C19H21F3N6O. The Balaban J connectivity index is 1.51. The summed E-state index contributed by atoms with van der Waals surface area (Å²) in [6, 6.07) is 5.32. The van der Waals surface area contributed by atoms with E-state index in [-0.39, 0.29) is 18.2 Å². The average Bonchev–Trinajstić information content (AvgIpc) is 3.01. The van der Waals surface area contributed by atoms with Crippen LogP contribution in [0.2, 0.25) is 0 Å². The highest BCUT2D eigenvalue weighted by atomic mass is 19.4. The molecule has 0 spiro atoms. The lowest BCUT2D eigenvalue weighted by molar-refractivity contribution is -0.137. The van der Waals surface area contributed by atoms with Gasteiger partial charge in [0, 0.05) is 26.3 Å². The van der Waals surface area contributed by atoms with E-state index in [1.54, 1.807) is 23.9 Å². The third-order valence-corrected chi connectivity index (χ3v) is 5.07. The van der Waals surface area contributed by atoms with Crippen molar-refractivity contribution in [2.24, 2.45) is 7.05 Å². The van der Waals surface area contributed by atoms with Crippen molar-refractivity contribution in [3.63, 3.8) is 0 Å². The van der Waals surface area contributed by atoms with E-state index in [4.69, 9.17) is 0 Å². The Kier molecular flexibility index (Phi) is 5.03. The van der Waals surface area contributed by atoms with Gasteiger partial charge in [-0.05, 0) is 37.1 Å². The number of aliphatic hydroxyl groups is 1. The maximum Gasteiger partial charge on any atom is 0.416 e. The molecule has 1 atom stereocenters. The van der Waals surface area contributed by atoms with Gasteiger partial charge < -0.3 is 19.9 Å². The van der Waals surface area contributed by atoms with Crippen LogP contribution in [-0.4, -0.2) is 43.8 Å². The van der Waals surface area contributed by atoms with E-state index in [0.29, 0.717) is 23.8 Å². The van der Waals surface area contributed by atoms with Gasteiger partial charge in [0.1, 0.15) is 11.6 Å². The van der Waals surface area contributed by atoms with Crippen LogP contribution in [0.4, 0.5) is 24.9 Å². The Morgan fingerprint density at radius 3 is 2.83 bits per heavy atom. The molecule has 0 aliphatic carbocycles. The van der Waals surface area contributed by atoms with E-state index in [0.717, 1.165) is 37.3 Å². The minimum Gasteiger partial charge on any atom is -0.391 e. The van der Waals surface area contributed by atoms with Crippen LogP contribution >= 0.6 is 0 Å². The Morgan fingerprint density at radius 1 is 1.24 bits per heavy atom. The molecule has 0 radical (unpaired) electrons. The first-order chi connectivity index (χ1) is 13.8. The number of rotatable bonds is 4. The SMILES string of the molecule is Cn1c(CNc2nccc(N3CCCC(O)C3)n2)nc2cc(C(F)(F)F)ccc21. The van der Waals surface area contributed by atoms with Crippen LogP contribution in [0.1, 0.15) is 24.2 Å². The molecule has 7 nitrogen and oxygen atoms in total. The van der Waals surface area contributed by atoms with Crippen LogP contribution in [-0.2, 0) is 19.8 Å². The molecule has 1 fully saturated rings. The number of aromatic nitrogens is 4. The van der Waals surface area contributed by atoms with E-state index < -0.39 is 11.7 Å². The quantitative estimate of drug-likeness (QED) is 0.694. The second kappa shape index (κ2) is 7.51. The van der Waals surface area contributed by atoms with Crippen molar-refractivity contribution >= 4 is 22.8 Å². The predicted octanol–water partition coefficient (Wildman–Crippen LogP) is 2.96. The van der Waals surface area contributed by atoms with Crippen molar-refractivity contribution < 1.29 is 18.3 Å². The molecule has 1 aromatic carbocycles. The number of aliphatic hydroxyl groups excluding tert-OH is 1. The molecule has 2 aromatic heterocycles. The third-order valence-electron chi connectivity index (χ3n) is 5.07. The lowest BCUT2D eigenvalue weighted by Crippen LogP contribution is -2.38. The lowest BCUT2D eigenvalue weighted by Gasteiger charge is -2.31. The number of imidazole rings is 1. The molecule has 10 heteroatoms. The standard InChI is InChI=1S/C19H21F3N6O/c1-27-15-5-4-12(19(20,21)22)9-14(15)25-17(27)10-24-18-23-7-6-16(26-18)28-8-2-3-13(29)11-28/h4-7,9,13,29H,2-3,8,10-11H2,1H3,(H,23,24,26). The topological polar surface area (TPSA) is 79.1 Å². The molecule has 0 amide bonds. The molecule has 3 heterocycles. The first-order valence-electron chi connectivity index (χ1n) is 9.34. The first-order valence-corrected chi connectivity index (χ1v) is 9.34. The zero-order valence-corrected chi connectivity index (χ0v) is 15.8. The Hall–Kier alpha value is -2.88. The van der Waals surface area contributed by atoms with Crippen molar-refractivity contribution in [3.05, 3.63) is 41.9 Å². The maximum atomic E-state index is 12.9. The van der Waals surface area contributed by atoms with Crippen molar-refractivity contribution in [2.75, 3.05) is 23.3 Å². The number of fused-ring (bicyclic) bond motifs is 1. The molecule has 1 unspecified atom stereocenters. The van der Waals surface area contributed by atoms with Gasteiger partial charge in [-0.1, -0.05) is 0 Å². The fourth-order valence-corrected chi connectivity index (χ4v) is 3.52. The number of hydrogen-bond acceptors (Lipinski definition) is 6. The highest BCUT2D eigenvalue weighted by Crippen LogP contribution is 2.31. The molecule has 29 heavy (non-hydrogen) atoms. The van der Waals surface area contributed by atoms with Gasteiger partial charge in [-0.25, -0.2) is 9.97 Å². The molecule has 0 bridgehead atoms. The third kappa shape index (κ3) is 4.12. The van der Waals surface area contributed by atoms with Gasteiger partial charge in [-0.2, -0.15) is 18.2 Å². The summed E-state index contributed by atoms with van der Waals surface area (Å²) in [5.41, 5.74) is 0.185. The normalized spacial score (nSPS) is 17.7. The fraction of sp³-hybridized carbons (Fsp3) is 0.421. The van der Waals surface area contributed by atoms with Crippen LogP contribution in [0.3, 0.4) is 0 Å². The monoisotopic (exact) mass is 406 g/mol. The zero-order valence-electron chi connectivity index (χ0n) is 15.8. The first kappa shape index (κ1) is 19.4. The summed E-state index contributed by atoms with van der Waals surface area (Å²) >= 11 is 0. The number of piperidine rings is 1. The largest absolute Gasteiger partial charge is 0.416 e. The zero-order chi connectivity index (χ0) is 20.6. The second-order valence-electron chi connectivity index (χ2n) is 7.12. The summed E-state index contributed by atoms with van der Waals surface area (Å²) in [6.45, 7) is 1.61. The molecule has 1 aliphatic heterocycles. The highest BCUT2D eigenvalue weighted by molar-refractivity contribution is 5.77. The molecule has 3 aromatic rings. The Labute approximate surface area is 165 Å². The number of halogens is 3. The van der Waals surface area contributed by atoms with Gasteiger partial charge in [0.05, 0.1) is 29.2 Å². The van der Waals surface area contributed by atoms with Gasteiger partial charge >= 0.3 is 6.18 Å². The van der Waals surface area contributed by atoms with Crippen LogP contribution in [0.5, 0.6) is 0 Å². The van der Waals surface area contributed by atoms with E-state index >= 15 is 0 Å². The smallest absolute Gasteiger partial charge is 0.391 e. The van der Waals surface area contributed by atoms with Gasteiger partial charge in [-0.15, -0.1) is 0 Å². The summed E-state index contributed by atoms with van der Waals surface area (Å²) in [7, 11) is 1.76. The molecule has 0 saturated carbocycles. The molecule has 1 aliphatic rings. The molecule has 1 saturated heterocycles. The van der Waals surface area contributed by atoms with Crippen molar-refractivity contribution in [1.29, 1.82) is 0 Å². The number of benzene rings is 1. The summed E-state index contributed by atoms with van der Waals surface area (Å²) in [6.07, 6.45) is -1.45. The number of aryl methyl sites for hydroxylation is 1. The van der Waals surface area contributed by atoms with Crippen molar-refractivity contribution in [1.82, 2.24) is 19.5 Å². The number of alkyl halides is 3. The number of β-amino-alcohol motifs (C(OH)–C–C–N with tert-alkyl or cyclic N) is 1. The van der Waals surface area contributed by atoms with Crippen LogP contribution in [0.15, 0.2) is 30.5 Å². The van der Waals surface area contributed by atoms with Gasteiger partial charge in [0.25, 0.3) is 0 Å². The Bertz CT molecular complexity index is 1020. The lowest BCUT2D eigenvalue weighted by atomic mass is 10.1. The van der Waals surface area contributed by atoms with E-state index in [1.165, 1.54) is 6.07 Å². The predicted molar refractivity (Wildman–Crippen MR) is 103 cm³/mol. The van der Waals surface area contributed by atoms with Crippen molar-refractivity contribution in [2.45, 2.75) is 31.7 Å². The average molecular weight is 406 g/mol. The Morgan fingerprint density at radius 2 is 2.07 bits per heavy atom. The molecular weight excluding hydrogens is 385 g/mol. The second-order valence-corrected chi connectivity index (χ2v) is 7.12. The van der Waals surface area contributed by atoms with Gasteiger partial charge in [-0.3, -0.25) is 0 Å². The van der Waals surface area contributed by atoms with Crippen LogP contribution < -0.4 is 10.2 Å². The summed E-state index contributed by atoms with van der Waals surface area (Å²) in [5.74, 6) is 1.69. The van der Waals surface area contributed by atoms with E-state index in [2.05, 4.69) is 20.3 Å². The van der Waals surface area contributed by atoms with Crippen LogP contribution in [0, 0.1) is 0 Å². The fourth-order valence-electron chi connectivity index (χ4n) is 3.52. The summed E-state index contributed by atoms with van der Waals surface area (Å²) < 4.78 is 40.5. The minimum absolute atomic E-state index is 0.263. The summed E-state index contributed by atoms with van der Waals surface area (Å²) in [4.78, 5) is 15.0. The molecule has 4 rings (SSSR count). The van der Waals surface area contributed by atoms with Crippen LogP contribution in [0.25, 0.3) is 11.0 Å². The van der Waals surface area contributed by atoms with E-state index in [1.807, 2.05) is 4.90 Å². The van der Waals surface area contributed by atoms with Gasteiger partial charge in [0.15, 0.2) is 0 Å². The van der Waals surface area contributed by atoms with Gasteiger partial charge in [0.2, 0.25) is 5.95 Å². The molecule has 154 valence electrons. The summed E-state index contributed by atoms with van der Waals surface area (Å²) in [5, 5.41) is 12.9. The van der Waals surface area contributed by atoms with Crippen molar-refractivity contribution in [3.8, 4) is 0 Å². The highest BCUT2D eigenvalue weighted by Gasteiger charge is 2.31. The number of anilines is 2. The number of hydrogen-bond donors (Lipinski definition) is 2. The van der Waals surface area contributed by atoms with E-state index in [9.17, 15) is 18.3 Å².